The van der Waals surface area contributed by atoms with E-state index < -0.39 is 11.8 Å². The fourth-order valence-corrected chi connectivity index (χ4v) is 4.76. The number of ether oxygens (including phenoxy) is 1. The molecule has 35 heavy (non-hydrogen) atoms. The first-order valence-electron chi connectivity index (χ1n) is 10.2. The number of rotatable bonds is 6. The van der Waals surface area contributed by atoms with Crippen molar-refractivity contribution < 1.29 is 23.8 Å². The summed E-state index contributed by atoms with van der Waals surface area (Å²) in [6.45, 7) is -0.0427. The van der Waals surface area contributed by atoms with E-state index in [9.17, 15) is 14.0 Å². The van der Waals surface area contributed by atoms with Gasteiger partial charge in [-0.15, -0.1) is 0 Å². The number of aliphatic imine (C=N–C) groups is 1. The summed E-state index contributed by atoms with van der Waals surface area (Å²) in [4.78, 5) is 30.0. The normalized spacial score (nSPS) is 15.8. The van der Waals surface area contributed by atoms with Crippen LogP contribution in [0.15, 0.2) is 70.6 Å². The maximum Gasteiger partial charge on any atom is 0.335 e. The van der Waals surface area contributed by atoms with Gasteiger partial charge in [0.2, 0.25) is 0 Å². The number of carbonyl (C=O) groups is 2. The smallest absolute Gasteiger partial charge is 0.335 e. The van der Waals surface area contributed by atoms with Gasteiger partial charge >= 0.3 is 5.97 Å². The van der Waals surface area contributed by atoms with Gasteiger partial charge < -0.3 is 9.84 Å². The summed E-state index contributed by atoms with van der Waals surface area (Å²) < 4.78 is 19.5. The van der Waals surface area contributed by atoms with Gasteiger partial charge in [0.05, 0.1) is 26.2 Å². The van der Waals surface area contributed by atoms with Crippen LogP contribution in [0.5, 0.6) is 5.75 Å². The molecule has 0 saturated carbocycles. The third-order valence-electron chi connectivity index (χ3n) is 4.99. The van der Waals surface area contributed by atoms with E-state index in [1.807, 2.05) is 0 Å². The van der Waals surface area contributed by atoms with Gasteiger partial charge in [0.15, 0.2) is 10.9 Å². The van der Waals surface area contributed by atoms with Gasteiger partial charge in [-0.2, -0.15) is 0 Å². The molecule has 1 fully saturated rings. The maximum atomic E-state index is 13.8. The molecule has 3 aromatic rings. The molecule has 1 amide bonds. The van der Waals surface area contributed by atoms with Crippen molar-refractivity contribution in [2.75, 3.05) is 7.05 Å². The number of halogens is 3. The minimum atomic E-state index is -1.03. The van der Waals surface area contributed by atoms with Crippen molar-refractivity contribution in [3.63, 3.8) is 0 Å². The molecule has 0 aliphatic carbocycles. The maximum absolute atomic E-state index is 13.8. The van der Waals surface area contributed by atoms with Crippen molar-refractivity contribution in [1.29, 1.82) is 0 Å². The molecular weight excluding hydrogens is 514 g/mol. The number of carboxylic acid groups (broad SMARTS) is 1. The Labute approximate surface area is 214 Å². The average molecular weight is 531 g/mol. The third-order valence-corrected chi connectivity index (χ3v) is 6.61. The van der Waals surface area contributed by atoms with Crippen molar-refractivity contribution in [3.05, 3.63) is 98.1 Å². The topological polar surface area (TPSA) is 79.2 Å². The van der Waals surface area contributed by atoms with Crippen LogP contribution < -0.4 is 4.74 Å². The van der Waals surface area contributed by atoms with Gasteiger partial charge in [-0.3, -0.25) is 9.69 Å². The number of carboxylic acids is 1. The number of carbonyl (C=O) groups excluding carboxylic acids is 1. The summed E-state index contributed by atoms with van der Waals surface area (Å²) in [5, 5.41) is 9.89. The molecule has 0 atom stereocenters. The van der Waals surface area contributed by atoms with Crippen LogP contribution in [0.25, 0.3) is 6.08 Å². The molecule has 0 unspecified atom stereocenters. The fraction of sp³-hybridized carbons (Fsp3) is 0.0800. The lowest BCUT2D eigenvalue weighted by atomic mass is 10.2. The van der Waals surface area contributed by atoms with Crippen molar-refractivity contribution >= 4 is 63.8 Å². The number of amidine groups is 1. The number of amides is 1. The van der Waals surface area contributed by atoms with Gasteiger partial charge in [0.1, 0.15) is 12.4 Å². The largest absolute Gasteiger partial charge is 0.486 e. The molecule has 1 heterocycles. The molecule has 0 spiro atoms. The van der Waals surface area contributed by atoms with E-state index in [0.29, 0.717) is 26.9 Å². The van der Waals surface area contributed by atoms with Crippen LogP contribution in [0.3, 0.4) is 0 Å². The Morgan fingerprint density at radius 1 is 1.14 bits per heavy atom. The first kappa shape index (κ1) is 24.8. The molecule has 4 rings (SSSR count). The Hall–Kier alpha value is -3.33. The van der Waals surface area contributed by atoms with E-state index in [-0.39, 0.29) is 33.9 Å². The minimum Gasteiger partial charge on any atom is -0.486 e. The Bertz CT molecular complexity index is 1350. The molecular formula is C25H17Cl2FN2O4S. The molecule has 178 valence electrons. The highest BCUT2D eigenvalue weighted by atomic mass is 35.5. The molecule has 1 saturated heterocycles. The summed E-state index contributed by atoms with van der Waals surface area (Å²) in [6, 6.07) is 15.5. The number of hydrogen-bond acceptors (Lipinski definition) is 5. The van der Waals surface area contributed by atoms with E-state index in [1.165, 1.54) is 23.1 Å². The number of benzene rings is 3. The molecule has 0 bridgehead atoms. The van der Waals surface area contributed by atoms with E-state index in [0.717, 1.165) is 11.8 Å². The Kier molecular flexibility index (Phi) is 7.45. The molecule has 10 heteroatoms. The van der Waals surface area contributed by atoms with E-state index in [2.05, 4.69) is 4.99 Å². The van der Waals surface area contributed by atoms with Crippen molar-refractivity contribution in [2.24, 2.45) is 4.99 Å². The number of aromatic carboxylic acids is 1. The van der Waals surface area contributed by atoms with Gasteiger partial charge in [-0.05, 0) is 65.9 Å². The number of hydrogen-bond donors (Lipinski definition) is 1. The highest BCUT2D eigenvalue weighted by Crippen LogP contribution is 2.38. The summed E-state index contributed by atoms with van der Waals surface area (Å²) >= 11 is 13.9. The lowest BCUT2D eigenvalue weighted by Gasteiger charge is -2.11. The van der Waals surface area contributed by atoms with Gasteiger partial charge in [0, 0.05) is 12.6 Å². The van der Waals surface area contributed by atoms with Crippen LogP contribution in [0.2, 0.25) is 10.0 Å². The van der Waals surface area contributed by atoms with Crippen LogP contribution >= 0.6 is 35.0 Å². The highest BCUT2D eigenvalue weighted by Gasteiger charge is 2.30. The second kappa shape index (κ2) is 10.5. The van der Waals surface area contributed by atoms with Crippen LogP contribution in [0.4, 0.5) is 10.1 Å². The lowest BCUT2D eigenvalue weighted by molar-refractivity contribution is -0.121. The first-order chi connectivity index (χ1) is 16.7. The molecule has 1 aliphatic rings. The first-order valence-corrected chi connectivity index (χ1v) is 11.7. The Balaban J connectivity index is 1.53. The zero-order valence-electron chi connectivity index (χ0n) is 18.2. The van der Waals surface area contributed by atoms with Crippen LogP contribution in [0.1, 0.15) is 21.5 Å². The number of thioether (sulfide) groups is 1. The van der Waals surface area contributed by atoms with E-state index in [4.69, 9.17) is 33.0 Å². The molecule has 3 aromatic carbocycles. The number of likely N-dealkylation sites (N-methyl/N-ethyl adjacent to an activating group) is 1. The van der Waals surface area contributed by atoms with Crippen molar-refractivity contribution in [2.45, 2.75) is 6.61 Å². The molecule has 1 N–H and O–H groups in total. The van der Waals surface area contributed by atoms with Crippen molar-refractivity contribution in [3.8, 4) is 5.75 Å². The van der Waals surface area contributed by atoms with E-state index >= 15 is 0 Å². The fourth-order valence-electron chi connectivity index (χ4n) is 3.16. The van der Waals surface area contributed by atoms with Crippen LogP contribution in [0, 0.1) is 5.82 Å². The number of nitrogens with zero attached hydrogens (tertiary/aromatic N) is 2. The summed E-state index contributed by atoms with van der Waals surface area (Å²) in [5.74, 6) is -1.47. The Morgan fingerprint density at radius 2 is 1.80 bits per heavy atom. The molecule has 0 aromatic heterocycles. The highest BCUT2D eigenvalue weighted by molar-refractivity contribution is 8.18. The van der Waals surface area contributed by atoms with Gasteiger partial charge in [0.25, 0.3) is 5.91 Å². The zero-order valence-corrected chi connectivity index (χ0v) is 20.5. The lowest BCUT2D eigenvalue weighted by Crippen LogP contribution is -2.23. The molecule has 1 aliphatic heterocycles. The quantitative estimate of drug-likeness (QED) is 0.361. The van der Waals surface area contributed by atoms with Crippen molar-refractivity contribution in [1.82, 2.24) is 4.90 Å². The van der Waals surface area contributed by atoms with Gasteiger partial charge in [-0.25, -0.2) is 14.2 Å². The second-order valence-corrected chi connectivity index (χ2v) is 9.24. The molecule has 0 radical (unpaired) electrons. The predicted octanol–water partition coefficient (Wildman–Crippen LogP) is 6.64. The Morgan fingerprint density at radius 3 is 2.43 bits per heavy atom. The summed E-state index contributed by atoms with van der Waals surface area (Å²) in [5.41, 5.74) is 1.61. The third kappa shape index (κ3) is 5.67. The predicted molar refractivity (Wildman–Crippen MR) is 136 cm³/mol. The van der Waals surface area contributed by atoms with Gasteiger partial charge in [-0.1, -0.05) is 41.4 Å². The summed E-state index contributed by atoms with van der Waals surface area (Å²) in [6.07, 6.45) is 1.64. The SMILES string of the molecule is CN1C(=O)C(=Cc2cc(Cl)c(OCc3ccccc3F)c(Cl)c2)SC1=Nc1ccc(C(=O)O)cc1. The van der Waals surface area contributed by atoms with Crippen LogP contribution in [-0.4, -0.2) is 34.1 Å². The second-order valence-electron chi connectivity index (χ2n) is 7.41. The molecule has 6 nitrogen and oxygen atoms in total. The zero-order chi connectivity index (χ0) is 25.1. The standard InChI is InChI=1S/C25H17Cl2FN2O4S/c1-30-23(31)21(35-25(30)29-17-8-6-15(7-9-17)24(32)33)12-14-10-18(26)22(19(27)11-14)34-13-16-4-2-3-5-20(16)28/h2-12H,13H2,1H3,(H,32,33). The average Bonchev–Trinajstić information content (AvgIpc) is 3.07. The minimum absolute atomic E-state index is 0.0427. The monoisotopic (exact) mass is 530 g/mol. The summed E-state index contributed by atoms with van der Waals surface area (Å²) in [7, 11) is 1.60. The van der Waals surface area contributed by atoms with E-state index in [1.54, 1.807) is 55.6 Å². The van der Waals surface area contributed by atoms with Crippen LogP contribution in [-0.2, 0) is 11.4 Å².